The molecule has 0 heterocycles. The van der Waals surface area contributed by atoms with Crippen LogP contribution >= 0.6 is 0 Å². The summed E-state index contributed by atoms with van der Waals surface area (Å²) < 4.78 is 13.8. The third-order valence-corrected chi connectivity index (χ3v) is 19.6. The molecule has 2 nitrogen and oxygen atoms in total. The molecule has 0 aromatic carbocycles. The minimum atomic E-state index is -1.75. The normalized spacial score (nSPS) is 29.9. The van der Waals surface area contributed by atoms with Gasteiger partial charge in [0.2, 0.25) is 0 Å². The molecule has 2 fully saturated rings. The third kappa shape index (κ3) is 6.69. The molecular formula is C30H60O2Si2. The molecule has 0 spiro atoms. The van der Waals surface area contributed by atoms with Gasteiger partial charge in [-0.1, -0.05) is 66.5 Å². The zero-order valence-corrected chi connectivity index (χ0v) is 27.6. The van der Waals surface area contributed by atoms with Crippen molar-refractivity contribution in [3.8, 4) is 0 Å². The molecule has 0 N–H and O–H groups in total. The quantitative estimate of drug-likeness (QED) is 0.240. The third-order valence-electron chi connectivity index (χ3n) is 10.4. The van der Waals surface area contributed by atoms with E-state index in [1.807, 2.05) is 0 Å². The van der Waals surface area contributed by atoms with Gasteiger partial charge in [0.25, 0.3) is 0 Å². The maximum absolute atomic E-state index is 7.06. The molecule has 0 bridgehead atoms. The molecule has 4 atom stereocenters. The molecule has 2 aliphatic rings. The van der Waals surface area contributed by atoms with E-state index in [9.17, 15) is 0 Å². The van der Waals surface area contributed by atoms with Crippen LogP contribution < -0.4 is 0 Å². The smallest absolute Gasteiger partial charge is 0.192 e. The molecule has 0 aliphatic heterocycles. The van der Waals surface area contributed by atoms with E-state index in [1.165, 1.54) is 32.1 Å². The van der Waals surface area contributed by atoms with Gasteiger partial charge in [0, 0.05) is 6.10 Å². The summed E-state index contributed by atoms with van der Waals surface area (Å²) >= 11 is 0. The summed E-state index contributed by atoms with van der Waals surface area (Å²) in [4.78, 5) is 0. The number of rotatable bonds is 8. The summed E-state index contributed by atoms with van der Waals surface area (Å²) in [6, 6.07) is 0. The van der Waals surface area contributed by atoms with Crippen molar-refractivity contribution in [2.75, 3.05) is 0 Å². The number of hydrogen-bond donors (Lipinski definition) is 0. The standard InChI is InChI=1S/C30H60O2Si2/c1-23(17-15-21-29(8,9)32-34(13,14)28(5,6)7)24-19-20-25-26(18-16-22-30(24,25)10)31-33(11,12)27(2,3)4/h17,24-26H,15-16,18-22H2,1-14H3/t24-,25+,26?,30-/m1/s1. The van der Waals surface area contributed by atoms with Gasteiger partial charge in [-0.15, -0.1) is 0 Å². The Morgan fingerprint density at radius 1 is 0.882 bits per heavy atom. The monoisotopic (exact) mass is 508 g/mol. The number of fused-ring (bicyclic) bond motifs is 1. The Labute approximate surface area is 216 Å². The van der Waals surface area contributed by atoms with E-state index in [0.29, 0.717) is 17.4 Å². The second-order valence-electron chi connectivity index (χ2n) is 15.7. The fraction of sp³-hybridized carbons (Fsp3) is 0.933. The topological polar surface area (TPSA) is 18.5 Å². The van der Waals surface area contributed by atoms with E-state index in [2.05, 4.69) is 102 Å². The molecule has 200 valence electrons. The van der Waals surface area contributed by atoms with E-state index >= 15 is 0 Å². The minimum Gasteiger partial charge on any atom is -0.414 e. The summed E-state index contributed by atoms with van der Waals surface area (Å²) in [5, 5.41) is 0.543. The van der Waals surface area contributed by atoms with E-state index in [1.54, 1.807) is 5.57 Å². The highest BCUT2D eigenvalue weighted by molar-refractivity contribution is 6.74. The predicted molar refractivity (Wildman–Crippen MR) is 156 cm³/mol. The van der Waals surface area contributed by atoms with E-state index < -0.39 is 16.6 Å². The summed E-state index contributed by atoms with van der Waals surface area (Å²) in [6.07, 6.45) is 11.9. The van der Waals surface area contributed by atoms with Crippen LogP contribution in [0.3, 0.4) is 0 Å². The molecule has 0 aromatic heterocycles. The Hall–Kier alpha value is 0.0938. The Morgan fingerprint density at radius 2 is 1.44 bits per heavy atom. The van der Waals surface area contributed by atoms with Gasteiger partial charge in [0.05, 0.1) is 5.60 Å². The minimum absolute atomic E-state index is 0.0607. The molecule has 0 aromatic rings. The molecule has 0 saturated heterocycles. The Kier molecular flexibility index (Phi) is 9.01. The maximum Gasteiger partial charge on any atom is 0.192 e. The Bertz CT molecular complexity index is 723. The Balaban J connectivity index is 2.07. The van der Waals surface area contributed by atoms with Gasteiger partial charge in [0.1, 0.15) is 0 Å². The molecule has 4 heteroatoms. The first-order chi connectivity index (χ1) is 15.1. The predicted octanol–water partition coefficient (Wildman–Crippen LogP) is 10.1. The molecule has 2 saturated carbocycles. The van der Waals surface area contributed by atoms with Crippen LogP contribution in [0.25, 0.3) is 0 Å². The van der Waals surface area contributed by atoms with Gasteiger partial charge in [-0.25, -0.2) is 0 Å². The van der Waals surface area contributed by atoms with Crippen molar-refractivity contribution in [2.45, 2.75) is 162 Å². The first kappa shape index (κ1) is 30.3. The van der Waals surface area contributed by atoms with E-state index in [0.717, 1.165) is 18.8 Å². The molecule has 34 heavy (non-hydrogen) atoms. The van der Waals surface area contributed by atoms with Crippen LogP contribution in [0, 0.1) is 17.3 Å². The summed E-state index contributed by atoms with van der Waals surface area (Å²) in [5.74, 6) is 1.44. The van der Waals surface area contributed by atoms with Gasteiger partial charge in [0.15, 0.2) is 16.6 Å². The average Bonchev–Trinajstić information content (AvgIpc) is 2.96. The van der Waals surface area contributed by atoms with E-state index in [-0.39, 0.29) is 15.7 Å². The van der Waals surface area contributed by atoms with Crippen molar-refractivity contribution in [2.24, 2.45) is 17.3 Å². The summed E-state index contributed by atoms with van der Waals surface area (Å²) in [7, 11) is -3.49. The van der Waals surface area contributed by atoms with Gasteiger partial charge >= 0.3 is 0 Å². The molecule has 2 rings (SSSR count). The lowest BCUT2D eigenvalue weighted by molar-refractivity contribution is -0.00347. The highest BCUT2D eigenvalue weighted by Crippen LogP contribution is 2.59. The van der Waals surface area contributed by atoms with Gasteiger partial charge < -0.3 is 8.85 Å². The zero-order valence-electron chi connectivity index (χ0n) is 25.6. The first-order valence-electron chi connectivity index (χ1n) is 14.2. The van der Waals surface area contributed by atoms with Crippen molar-refractivity contribution in [1.29, 1.82) is 0 Å². The molecular weight excluding hydrogens is 449 g/mol. The van der Waals surface area contributed by atoms with Crippen LogP contribution in [0.15, 0.2) is 11.6 Å². The van der Waals surface area contributed by atoms with Crippen molar-refractivity contribution < 1.29 is 8.85 Å². The van der Waals surface area contributed by atoms with E-state index in [4.69, 9.17) is 8.85 Å². The lowest BCUT2D eigenvalue weighted by Gasteiger charge is -2.49. The maximum atomic E-state index is 7.06. The van der Waals surface area contributed by atoms with Crippen LogP contribution in [0.2, 0.25) is 36.3 Å². The highest BCUT2D eigenvalue weighted by atomic mass is 28.4. The van der Waals surface area contributed by atoms with Crippen LogP contribution in [-0.2, 0) is 8.85 Å². The van der Waals surface area contributed by atoms with Crippen LogP contribution in [0.4, 0.5) is 0 Å². The fourth-order valence-electron chi connectivity index (χ4n) is 6.25. The van der Waals surface area contributed by atoms with Crippen molar-refractivity contribution in [3.63, 3.8) is 0 Å². The van der Waals surface area contributed by atoms with Crippen molar-refractivity contribution in [3.05, 3.63) is 11.6 Å². The zero-order chi connectivity index (χ0) is 26.4. The van der Waals surface area contributed by atoms with Crippen molar-refractivity contribution in [1.82, 2.24) is 0 Å². The number of hydrogen-bond acceptors (Lipinski definition) is 2. The molecule has 2 aliphatic carbocycles. The van der Waals surface area contributed by atoms with Gasteiger partial charge in [-0.3, -0.25) is 0 Å². The van der Waals surface area contributed by atoms with Crippen LogP contribution in [-0.4, -0.2) is 28.3 Å². The second-order valence-corrected chi connectivity index (χ2v) is 25.1. The molecule has 0 radical (unpaired) electrons. The Morgan fingerprint density at radius 3 is 1.97 bits per heavy atom. The lowest BCUT2D eigenvalue weighted by Crippen LogP contribution is -2.49. The first-order valence-corrected chi connectivity index (χ1v) is 20.0. The lowest BCUT2D eigenvalue weighted by atomic mass is 9.63. The largest absolute Gasteiger partial charge is 0.414 e. The SMILES string of the molecule is CC(=CCCC(C)(C)O[Si](C)(C)C(C)(C)C)[C@H]1CC[C@H]2C(O[Si](C)(C)C(C)(C)C)CCC[C@]12C. The van der Waals surface area contributed by atoms with Crippen molar-refractivity contribution >= 4 is 16.6 Å². The summed E-state index contributed by atoms with van der Waals surface area (Å²) in [6.45, 7) is 33.4. The van der Waals surface area contributed by atoms with Gasteiger partial charge in [-0.2, -0.15) is 0 Å². The van der Waals surface area contributed by atoms with Crippen LogP contribution in [0.1, 0.15) is 114 Å². The molecule has 0 amide bonds. The fourth-order valence-corrected chi connectivity index (χ4v) is 9.43. The van der Waals surface area contributed by atoms with Crippen LogP contribution in [0.5, 0.6) is 0 Å². The number of allylic oxidation sites excluding steroid dienone is 2. The second kappa shape index (κ2) is 10.1. The summed E-state index contributed by atoms with van der Waals surface area (Å²) in [5.41, 5.74) is 1.97. The van der Waals surface area contributed by atoms with Gasteiger partial charge in [-0.05, 0) is 113 Å². The average molecular weight is 509 g/mol. The molecule has 1 unspecified atom stereocenters. The highest BCUT2D eigenvalue weighted by Gasteiger charge is 2.53.